The standard InChI is InChI=1S/C9H11F2NO/c10-9(11)7-1-3-8(4-2-7)13-6-5-12/h1-4,9H,5-6,12H2. The van der Waals surface area contributed by atoms with Gasteiger partial charge in [-0.1, -0.05) is 0 Å². The second-order valence-electron chi connectivity index (χ2n) is 2.51. The molecule has 0 saturated carbocycles. The van der Waals surface area contributed by atoms with Gasteiger partial charge in [0.1, 0.15) is 12.4 Å². The molecule has 0 amide bonds. The lowest BCUT2D eigenvalue weighted by Crippen LogP contribution is -2.10. The van der Waals surface area contributed by atoms with Gasteiger partial charge in [0.15, 0.2) is 0 Å². The van der Waals surface area contributed by atoms with Crippen LogP contribution in [0.3, 0.4) is 0 Å². The van der Waals surface area contributed by atoms with Crippen molar-refractivity contribution in [3.05, 3.63) is 29.8 Å². The van der Waals surface area contributed by atoms with Gasteiger partial charge in [0.25, 0.3) is 6.43 Å². The Morgan fingerprint density at radius 1 is 1.23 bits per heavy atom. The van der Waals surface area contributed by atoms with Gasteiger partial charge in [0.05, 0.1) is 0 Å². The monoisotopic (exact) mass is 187 g/mol. The van der Waals surface area contributed by atoms with Crippen LogP contribution in [0, 0.1) is 0 Å². The Labute approximate surface area is 75.3 Å². The second kappa shape index (κ2) is 4.77. The maximum absolute atomic E-state index is 12.1. The van der Waals surface area contributed by atoms with Crippen LogP contribution in [0.4, 0.5) is 8.78 Å². The third-order valence-corrected chi connectivity index (χ3v) is 1.52. The molecule has 0 radical (unpaired) electrons. The lowest BCUT2D eigenvalue weighted by molar-refractivity contribution is 0.151. The van der Waals surface area contributed by atoms with Crippen molar-refractivity contribution >= 4 is 0 Å². The highest BCUT2D eigenvalue weighted by Gasteiger charge is 2.05. The van der Waals surface area contributed by atoms with E-state index in [4.69, 9.17) is 10.5 Å². The van der Waals surface area contributed by atoms with Crippen molar-refractivity contribution in [3.8, 4) is 5.75 Å². The Morgan fingerprint density at radius 2 is 1.85 bits per heavy atom. The Morgan fingerprint density at radius 3 is 2.31 bits per heavy atom. The van der Waals surface area contributed by atoms with E-state index < -0.39 is 6.43 Å². The smallest absolute Gasteiger partial charge is 0.263 e. The number of benzene rings is 1. The molecule has 0 atom stereocenters. The normalized spacial score (nSPS) is 10.5. The minimum absolute atomic E-state index is 0.0000912. The number of rotatable bonds is 4. The molecule has 0 bridgehead atoms. The largest absolute Gasteiger partial charge is 0.492 e. The zero-order valence-corrected chi connectivity index (χ0v) is 7.04. The summed E-state index contributed by atoms with van der Waals surface area (Å²) in [5.74, 6) is 0.565. The summed E-state index contributed by atoms with van der Waals surface area (Å²) in [5.41, 5.74) is 5.21. The van der Waals surface area contributed by atoms with E-state index in [1.807, 2.05) is 0 Å². The number of alkyl halides is 2. The summed E-state index contributed by atoms with van der Waals surface area (Å²) in [7, 11) is 0. The molecule has 0 aliphatic carbocycles. The zero-order chi connectivity index (χ0) is 9.68. The number of hydrogen-bond acceptors (Lipinski definition) is 2. The predicted octanol–water partition coefficient (Wildman–Crippen LogP) is 1.96. The first kappa shape index (κ1) is 9.92. The number of nitrogens with two attached hydrogens (primary N) is 1. The number of hydrogen-bond donors (Lipinski definition) is 1. The highest BCUT2D eigenvalue weighted by Crippen LogP contribution is 2.21. The molecule has 1 aromatic rings. The molecule has 0 unspecified atom stereocenters. The lowest BCUT2D eigenvalue weighted by Gasteiger charge is -2.04. The molecule has 72 valence electrons. The predicted molar refractivity (Wildman–Crippen MR) is 45.9 cm³/mol. The Hall–Kier alpha value is -1.16. The molecular weight excluding hydrogens is 176 g/mol. The molecule has 2 nitrogen and oxygen atoms in total. The maximum Gasteiger partial charge on any atom is 0.263 e. The summed E-state index contributed by atoms with van der Waals surface area (Å²) in [6, 6.07) is 5.71. The first-order chi connectivity index (χ1) is 6.24. The summed E-state index contributed by atoms with van der Waals surface area (Å²) in [4.78, 5) is 0. The van der Waals surface area contributed by atoms with Crippen LogP contribution in [0.25, 0.3) is 0 Å². The molecule has 13 heavy (non-hydrogen) atoms. The van der Waals surface area contributed by atoms with Gasteiger partial charge >= 0.3 is 0 Å². The van der Waals surface area contributed by atoms with E-state index in [-0.39, 0.29) is 5.56 Å². The van der Waals surface area contributed by atoms with Gasteiger partial charge in [-0.05, 0) is 24.3 Å². The van der Waals surface area contributed by atoms with Crippen molar-refractivity contribution < 1.29 is 13.5 Å². The molecule has 0 spiro atoms. The van der Waals surface area contributed by atoms with Crippen LogP contribution >= 0.6 is 0 Å². The van der Waals surface area contributed by atoms with Gasteiger partial charge in [-0.15, -0.1) is 0 Å². The van der Waals surface area contributed by atoms with Gasteiger partial charge in [-0.25, -0.2) is 8.78 Å². The molecule has 0 aliphatic heterocycles. The van der Waals surface area contributed by atoms with Crippen LogP contribution in [-0.4, -0.2) is 13.2 Å². The summed E-state index contributed by atoms with van der Waals surface area (Å²) in [5, 5.41) is 0. The number of halogens is 2. The van der Waals surface area contributed by atoms with Gasteiger partial charge < -0.3 is 10.5 Å². The van der Waals surface area contributed by atoms with Crippen LogP contribution in [0.5, 0.6) is 5.75 Å². The Balaban J connectivity index is 2.59. The van der Waals surface area contributed by atoms with E-state index in [1.165, 1.54) is 24.3 Å². The minimum atomic E-state index is -2.43. The maximum atomic E-state index is 12.1. The third kappa shape index (κ3) is 2.99. The quantitative estimate of drug-likeness (QED) is 0.782. The van der Waals surface area contributed by atoms with E-state index in [2.05, 4.69) is 0 Å². The van der Waals surface area contributed by atoms with Crippen molar-refractivity contribution in [2.75, 3.05) is 13.2 Å². The fourth-order valence-electron chi connectivity index (χ4n) is 0.886. The molecule has 0 aliphatic rings. The first-order valence-electron chi connectivity index (χ1n) is 3.95. The van der Waals surface area contributed by atoms with Crippen molar-refractivity contribution in [1.29, 1.82) is 0 Å². The lowest BCUT2D eigenvalue weighted by atomic mass is 10.2. The second-order valence-corrected chi connectivity index (χ2v) is 2.51. The fourth-order valence-corrected chi connectivity index (χ4v) is 0.886. The van der Waals surface area contributed by atoms with Crippen LogP contribution in [0.1, 0.15) is 12.0 Å². The van der Waals surface area contributed by atoms with E-state index in [0.717, 1.165) is 0 Å². The van der Waals surface area contributed by atoms with Crippen molar-refractivity contribution in [1.82, 2.24) is 0 Å². The van der Waals surface area contributed by atoms with Crippen LogP contribution in [-0.2, 0) is 0 Å². The molecule has 2 N–H and O–H groups in total. The van der Waals surface area contributed by atoms with E-state index in [0.29, 0.717) is 18.9 Å². The minimum Gasteiger partial charge on any atom is -0.492 e. The van der Waals surface area contributed by atoms with E-state index in [1.54, 1.807) is 0 Å². The Kier molecular flexibility index (Phi) is 3.64. The molecule has 0 aromatic heterocycles. The molecule has 0 saturated heterocycles. The van der Waals surface area contributed by atoms with E-state index >= 15 is 0 Å². The summed E-state index contributed by atoms with van der Waals surface area (Å²) in [6.07, 6.45) is -2.43. The molecule has 0 heterocycles. The van der Waals surface area contributed by atoms with Crippen LogP contribution in [0.2, 0.25) is 0 Å². The molecular formula is C9H11F2NO. The molecule has 1 aromatic carbocycles. The van der Waals surface area contributed by atoms with Crippen LogP contribution < -0.4 is 10.5 Å². The van der Waals surface area contributed by atoms with Crippen molar-refractivity contribution in [2.45, 2.75) is 6.43 Å². The van der Waals surface area contributed by atoms with Gasteiger partial charge in [0, 0.05) is 12.1 Å². The first-order valence-corrected chi connectivity index (χ1v) is 3.95. The van der Waals surface area contributed by atoms with Crippen LogP contribution in [0.15, 0.2) is 24.3 Å². The van der Waals surface area contributed by atoms with Gasteiger partial charge in [-0.2, -0.15) is 0 Å². The average Bonchev–Trinajstić information content (AvgIpc) is 2.15. The number of ether oxygens (including phenoxy) is 1. The zero-order valence-electron chi connectivity index (χ0n) is 7.04. The molecule has 4 heteroatoms. The van der Waals surface area contributed by atoms with Gasteiger partial charge in [0.2, 0.25) is 0 Å². The van der Waals surface area contributed by atoms with Crippen molar-refractivity contribution in [2.24, 2.45) is 5.73 Å². The highest BCUT2D eigenvalue weighted by atomic mass is 19.3. The molecule has 0 fully saturated rings. The van der Waals surface area contributed by atoms with Gasteiger partial charge in [-0.3, -0.25) is 0 Å². The average molecular weight is 187 g/mol. The fraction of sp³-hybridized carbons (Fsp3) is 0.333. The summed E-state index contributed by atoms with van der Waals surface area (Å²) in [6.45, 7) is 0.810. The molecule has 1 rings (SSSR count). The Bertz CT molecular complexity index is 248. The summed E-state index contributed by atoms with van der Waals surface area (Å²) >= 11 is 0. The topological polar surface area (TPSA) is 35.2 Å². The highest BCUT2D eigenvalue weighted by molar-refractivity contribution is 5.27. The third-order valence-electron chi connectivity index (χ3n) is 1.52. The van der Waals surface area contributed by atoms with Crippen molar-refractivity contribution in [3.63, 3.8) is 0 Å². The summed E-state index contributed by atoms with van der Waals surface area (Å²) < 4.78 is 29.3. The SMILES string of the molecule is NCCOc1ccc(C(F)F)cc1. The van der Waals surface area contributed by atoms with E-state index in [9.17, 15) is 8.78 Å².